The first-order valence-corrected chi connectivity index (χ1v) is 12.2. The Morgan fingerprint density at radius 1 is 1.03 bits per heavy atom. The summed E-state index contributed by atoms with van der Waals surface area (Å²) in [5, 5.41) is 0.888. The maximum Gasteiger partial charge on any atom is 0.410 e. The molecule has 1 aliphatic heterocycles. The Hall–Kier alpha value is -3.85. The van der Waals surface area contributed by atoms with Gasteiger partial charge in [0, 0.05) is 38.1 Å². The van der Waals surface area contributed by atoms with Crippen LogP contribution in [-0.4, -0.2) is 62.2 Å². The zero-order valence-electron chi connectivity index (χ0n) is 21.0. The van der Waals surface area contributed by atoms with Gasteiger partial charge in [-0.05, 0) is 38.0 Å². The van der Waals surface area contributed by atoms with Gasteiger partial charge in [-0.1, -0.05) is 42.5 Å². The molecule has 1 amide bonds. The molecule has 5 rings (SSSR count). The van der Waals surface area contributed by atoms with Crippen molar-refractivity contribution in [3.63, 3.8) is 0 Å². The number of amides is 1. The Morgan fingerprint density at radius 3 is 2.44 bits per heavy atom. The van der Waals surface area contributed by atoms with E-state index in [0.29, 0.717) is 31.0 Å². The molecule has 0 spiro atoms. The van der Waals surface area contributed by atoms with Gasteiger partial charge in [-0.15, -0.1) is 0 Å². The molecule has 0 saturated carbocycles. The fourth-order valence-electron chi connectivity index (χ4n) is 4.73. The molecule has 9 heteroatoms. The summed E-state index contributed by atoms with van der Waals surface area (Å²) in [7, 11) is 0. The van der Waals surface area contributed by atoms with Crippen LogP contribution in [0.1, 0.15) is 31.9 Å². The Balaban J connectivity index is 1.32. The van der Waals surface area contributed by atoms with Crippen molar-refractivity contribution < 1.29 is 9.53 Å². The molecule has 4 aromatic rings. The predicted octanol–water partition coefficient (Wildman–Crippen LogP) is 3.56. The molecule has 0 bridgehead atoms. The van der Waals surface area contributed by atoms with Crippen molar-refractivity contribution in [3.05, 3.63) is 70.1 Å². The molecule has 9 nitrogen and oxygen atoms in total. The summed E-state index contributed by atoms with van der Waals surface area (Å²) in [6, 6.07) is 16.0. The highest BCUT2D eigenvalue weighted by molar-refractivity contribution is 6.06. The van der Waals surface area contributed by atoms with Crippen LogP contribution in [0.5, 0.6) is 0 Å². The number of anilines is 1. The molecule has 1 fully saturated rings. The van der Waals surface area contributed by atoms with Gasteiger partial charge >= 0.3 is 11.8 Å². The molecule has 1 saturated heterocycles. The van der Waals surface area contributed by atoms with Crippen LogP contribution >= 0.6 is 0 Å². The number of pyridine rings is 1. The molecule has 1 aliphatic rings. The molecule has 2 aromatic carbocycles. The highest BCUT2D eigenvalue weighted by Crippen LogP contribution is 2.26. The Morgan fingerprint density at radius 2 is 1.72 bits per heavy atom. The summed E-state index contributed by atoms with van der Waals surface area (Å²) in [6.07, 6.45) is -0.253. The number of nitrogens with two attached hydrogens (primary N) is 1. The van der Waals surface area contributed by atoms with E-state index in [4.69, 9.17) is 10.5 Å². The van der Waals surface area contributed by atoms with E-state index in [1.54, 1.807) is 9.47 Å². The maximum atomic E-state index is 12.9. The molecule has 0 unspecified atom stereocenters. The van der Waals surface area contributed by atoms with Crippen LogP contribution in [0.25, 0.3) is 21.9 Å². The third-order valence-electron chi connectivity index (χ3n) is 6.40. The monoisotopic (exact) mass is 488 g/mol. The summed E-state index contributed by atoms with van der Waals surface area (Å²) in [6.45, 7) is 9.69. The number of fused-ring (bicyclic) bond motifs is 3. The summed E-state index contributed by atoms with van der Waals surface area (Å²) < 4.78 is 7.23. The van der Waals surface area contributed by atoms with Crippen molar-refractivity contribution in [2.45, 2.75) is 39.5 Å². The van der Waals surface area contributed by atoms with Gasteiger partial charge in [-0.25, -0.2) is 14.6 Å². The number of benzene rings is 2. The van der Waals surface area contributed by atoms with Gasteiger partial charge in [0.05, 0.1) is 17.6 Å². The number of hydrogen-bond donors (Lipinski definition) is 2. The number of nitrogen functional groups attached to an aromatic ring is 1. The zero-order chi connectivity index (χ0) is 25.4. The number of carbonyl (C=O) groups is 1. The van der Waals surface area contributed by atoms with E-state index in [-0.39, 0.29) is 11.8 Å². The van der Waals surface area contributed by atoms with Gasteiger partial charge in [0.2, 0.25) is 0 Å². The van der Waals surface area contributed by atoms with Gasteiger partial charge in [0.1, 0.15) is 16.9 Å². The number of H-pyrrole nitrogens is 1. The molecular weight excluding hydrogens is 456 g/mol. The summed E-state index contributed by atoms with van der Waals surface area (Å²) >= 11 is 0. The van der Waals surface area contributed by atoms with E-state index in [2.05, 4.69) is 27.0 Å². The van der Waals surface area contributed by atoms with Gasteiger partial charge in [-0.3, -0.25) is 9.47 Å². The number of aromatic amines is 1. The smallest absolute Gasteiger partial charge is 0.410 e. The largest absolute Gasteiger partial charge is 0.444 e. The lowest BCUT2D eigenvalue weighted by Crippen LogP contribution is -2.49. The number of carbonyl (C=O) groups excluding carboxylic acids is 1. The standard InChI is InChI=1S/C27H32N6O3/c1-27(2,3)36-26(35)32-13-11-31(12-14-32)16-18-7-6-8-19(15-18)17-33-23-20-9-4-5-10-21(20)29-24(28)22(23)30-25(33)34/h4-10,15H,11-14,16-17H2,1-3H3,(H2,28,29)(H,30,34). The fourth-order valence-corrected chi connectivity index (χ4v) is 4.73. The van der Waals surface area contributed by atoms with Crippen molar-refractivity contribution in [2.24, 2.45) is 0 Å². The maximum absolute atomic E-state index is 12.9. The normalized spacial score (nSPS) is 15.0. The average molecular weight is 489 g/mol. The van der Waals surface area contributed by atoms with Crippen LogP contribution in [-0.2, 0) is 17.8 Å². The van der Waals surface area contributed by atoms with E-state index in [0.717, 1.165) is 47.2 Å². The third kappa shape index (κ3) is 4.92. The number of nitrogens with zero attached hydrogens (tertiary/aromatic N) is 4. The first-order chi connectivity index (χ1) is 17.2. The first-order valence-electron chi connectivity index (χ1n) is 12.2. The molecule has 2 aromatic heterocycles. The number of piperazine rings is 1. The Labute approximate surface area is 209 Å². The van der Waals surface area contributed by atoms with Crippen LogP contribution < -0.4 is 11.4 Å². The van der Waals surface area contributed by atoms with Crippen LogP contribution in [0.2, 0.25) is 0 Å². The lowest BCUT2D eigenvalue weighted by molar-refractivity contribution is 0.0139. The highest BCUT2D eigenvalue weighted by Gasteiger charge is 2.26. The van der Waals surface area contributed by atoms with Crippen LogP contribution in [0.4, 0.5) is 10.6 Å². The fraction of sp³-hybridized carbons (Fsp3) is 0.370. The molecule has 3 N–H and O–H groups in total. The third-order valence-corrected chi connectivity index (χ3v) is 6.40. The van der Waals surface area contributed by atoms with Gasteiger partial charge in [0.25, 0.3) is 0 Å². The van der Waals surface area contributed by atoms with E-state index >= 15 is 0 Å². The van der Waals surface area contributed by atoms with E-state index < -0.39 is 5.60 Å². The minimum Gasteiger partial charge on any atom is -0.444 e. The van der Waals surface area contributed by atoms with E-state index in [1.807, 2.05) is 57.2 Å². The quantitative estimate of drug-likeness (QED) is 0.455. The van der Waals surface area contributed by atoms with Gasteiger partial charge in [-0.2, -0.15) is 0 Å². The molecule has 0 aliphatic carbocycles. The summed E-state index contributed by atoms with van der Waals surface area (Å²) in [5.74, 6) is 0.318. The van der Waals surface area contributed by atoms with Gasteiger partial charge in [0.15, 0.2) is 0 Å². The van der Waals surface area contributed by atoms with Crippen LogP contribution in [0.15, 0.2) is 53.3 Å². The molecule has 0 radical (unpaired) electrons. The second-order valence-corrected chi connectivity index (χ2v) is 10.3. The number of rotatable bonds is 4. The number of aromatic nitrogens is 3. The van der Waals surface area contributed by atoms with Crippen molar-refractivity contribution in [2.75, 3.05) is 31.9 Å². The summed E-state index contributed by atoms with van der Waals surface area (Å²) in [5.41, 5.74) is 9.74. The number of ether oxygens (including phenoxy) is 1. The molecule has 0 atom stereocenters. The number of nitrogens with one attached hydrogen (secondary N) is 1. The van der Waals surface area contributed by atoms with Crippen molar-refractivity contribution >= 4 is 33.8 Å². The molecule has 36 heavy (non-hydrogen) atoms. The molecular formula is C27H32N6O3. The SMILES string of the molecule is CC(C)(C)OC(=O)N1CCN(Cc2cccc(Cn3c(=O)[nH]c4c(N)nc5ccccc5c43)c2)CC1. The topological polar surface area (TPSA) is 109 Å². The number of imidazole rings is 1. The number of hydrogen-bond acceptors (Lipinski definition) is 6. The summed E-state index contributed by atoms with van der Waals surface area (Å²) in [4.78, 5) is 36.6. The highest BCUT2D eigenvalue weighted by atomic mass is 16.6. The molecule has 3 heterocycles. The van der Waals surface area contributed by atoms with E-state index in [9.17, 15) is 9.59 Å². The second kappa shape index (κ2) is 9.31. The lowest BCUT2D eigenvalue weighted by Gasteiger charge is -2.35. The van der Waals surface area contributed by atoms with E-state index in [1.165, 1.54) is 0 Å². The minimum absolute atomic E-state index is 0.210. The number of para-hydroxylation sites is 1. The minimum atomic E-state index is -0.490. The Kier molecular flexibility index (Phi) is 6.17. The molecule has 188 valence electrons. The van der Waals surface area contributed by atoms with Crippen molar-refractivity contribution in [1.29, 1.82) is 0 Å². The van der Waals surface area contributed by atoms with Crippen molar-refractivity contribution in [1.82, 2.24) is 24.3 Å². The zero-order valence-corrected chi connectivity index (χ0v) is 21.0. The Bertz CT molecular complexity index is 1470. The van der Waals surface area contributed by atoms with Crippen LogP contribution in [0.3, 0.4) is 0 Å². The second-order valence-electron chi connectivity index (χ2n) is 10.3. The van der Waals surface area contributed by atoms with Gasteiger partial charge < -0.3 is 20.4 Å². The lowest BCUT2D eigenvalue weighted by atomic mass is 10.1. The first kappa shape index (κ1) is 23.9. The average Bonchev–Trinajstić information content (AvgIpc) is 3.15. The van der Waals surface area contributed by atoms with Crippen LogP contribution in [0, 0.1) is 0 Å². The predicted molar refractivity (Wildman–Crippen MR) is 141 cm³/mol. The van der Waals surface area contributed by atoms with Crippen molar-refractivity contribution in [3.8, 4) is 0 Å².